The first-order chi connectivity index (χ1) is 4.47. The summed E-state index contributed by atoms with van der Waals surface area (Å²) in [7, 11) is 0. The molecular weight excluding hydrogens is 114 g/mol. The fraction of sp³-hybridized carbons (Fsp3) is 0.500. The third-order valence-corrected chi connectivity index (χ3v) is 1.47. The number of rotatable bonds is 0. The van der Waals surface area contributed by atoms with Crippen LogP contribution >= 0.6 is 0 Å². The molecule has 0 unspecified atom stereocenters. The van der Waals surface area contributed by atoms with Gasteiger partial charge in [-0.15, -0.1) is 0 Å². The molecule has 1 aromatic heterocycles. The van der Waals surface area contributed by atoms with Gasteiger partial charge in [-0.25, -0.2) is 10.3 Å². The van der Waals surface area contributed by atoms with E-state index < -0.39 is 0 Å². The Morgan fingerprint density at radius 1 is 1.67 bits per heavy atom. The molecule has 3 heteroatoms. The van der Waals surface area contributed by atoms with Gasteiger partial charge in [-0.1, -0.05) is 0 Å². The SMILES string of the molecule is [c]1cnc2n1CC[N]C2. The van der Waals surface area contributed by atoms with E-state index in [1.807, 2.05) is 4.57 Å². The summed E-state index contributed by atoms with van der Waals surface area (Å²) >= 11 is 0. The van der Waals surface area contributed by atoms with Gasteiger partial charge >= 0.3 is 0 Å². The predicted octanol–water partition coefficient (Wildman–Crippen LogP) is -0.199. The van der Waals surface area contributed by atoms with Crippen LogP contribution in [0.3, 0.4) is 0 Å². The lowest BCUT2D eigenvalue weighted by Crippen LogP contribution is -2.22. The maximum atomic E-state index is 4.19. The maximum Gasteiger partial charge on any atom is 0.124 e. The zero-order valence-electron chi connectivity index (χ0n) is 5.04. The van der Waals surface area contributed by atoms with Gasteiger partial charge in [-0.05, 0) is 0 Å². The van der Waals surface area contributed by atoms with Crippen molar-refractivity contribution in [1.82, 2.24) is 14.9 Å². The first kappa shape index (κ1) is 4.99. The highest BCUT2D eigenvalue weighted by atomic mass is 15.1. The molecule has 1 aromatic rings. The number of nitrogens with zero attached hydrogens (tertiary/aromatic N) is 3. The Bertz CT molecular complexity index is 183. The fourth-order valence-electron chi connectivity index (χ4n) is 0.987. The first-order valence-corrected chi connectivity index (χ1v) is 3.02. The third kappa shape index (κ3) is 0.733. The quantitative estimate of drug-likeness (QED) is 0.468. The Kier molecular flexibility index (Phi) is 1.02. The molecule has 0 amide bonds. The first-order valence-electron chi connectivity index (χ1n) is 3.02. The average Bonchev–Trinajstić information content (AvgIpc) is 2.33. The molecule has 2 heterocycles. The Labute approximate surface area is 53.7 Å². The van der Waals surface area contributed by atoms with Crippen LogP contribution in [-0.2, 0) is 13.1 Å². The van der Waals surface area contributed by atoms with E-state index in [1.165, 1.54) is 0 Å². The molecular formula is C6H7N3. The van der Waals surface area contributed by atoms with Gasteiger partial charge in [0.15, 0.2) is 0 Å². The molecule has 1 aliphatic heterocycles. The van der Waals surface area contributed by atoms with Crippen LogP contribution in [0.2, 0.25) is 0 Å². The van der Waals surface area contributed by atoms with E-state index in [4.69, 9.17) is 0 Å². The van der Waals surface area contributed by atoms with Crippen molar-refractivity contribution in [2.75, 3.05) is 6.54 Å². The Morgan fingerprint density at radius 3 is 3.56 bits per heavy atom. The van der Waals surface area contributed by atoms with E-state index in [-0.39, 0.29) is 0 Å². The van der Waals surface area contributed by atoms with Crippen molar-refractivity contribution in [2.45, 2.75) is 13.1 Å². The summed E-state index contributed by atoms with van der Waals surface area (Å²) in [6, 6.07) is 0. The van der Waals surface area contributed by atoms with Crippen LogP contribution in [0.4, 0.5) is 0 Å². The summed E-state index contributed by atoms with van der Waals surface area (Å²) in [6.07, 6.45) is 4.71. The summed E-state index contributed by atoms with van der Waals surface area (Å²) < 4.78 is 2.02. The summed E-state index contributed by atoms with van der Waals surface area (Å²) in [5, 5.41) is 4.19. The molecule has 0 atom stereocenters. The minimum Gasteiger partial charge on any atom is -0.324 e. The molecule has 0 saturated heterocycles. The van der Waals surface area contributed by atoms with Crippen molar-refractivity contribution < 1.29 is 0 Å². The van der Waals surface area contributed by atoms with Crippen molar-refractivity contribution >= 4 is 0 Å². The maximum absolute atomic E-state index is 4.19. The van der Waals surface area contributed by atoms with Gasteiger partial charge in [0.25, 0.3) is 0 Å². The molecule has 9 heavy (non-hydrogen) atoms. The second-order valence-corrected chi connectivity index (χ2v) is 2.06. The van der Waals surface area contributed by atoms with Gasteiger partial charge in [-0.3, -0.25) is 0 Å². The molecule has 2 rings (SSSR count). The lowest BCUT2D eigenvalue weighted by atomic mass is 10.4. The van der Waals surface area contributed by atoms with Crippen molar-refractivity contribution in [2.24, 2.45) is 0 Å². The average molecular weight is 121 g/mol. The monoisotopic (exact) mass is 121 g/mol. The highest BCUT2D eigenvalue weighted by Crippen LogP contribution is 2.00. The molecule has 0 aromatic carbocycles. The second kappa shape index (κ2) is 1.84. The summed E-state index contributed by atoms with van der Waals surface area (Å²) in [4.78, 5) is 4.07. The van der Waals surface area contributed by atoms with E-state index in [2.05, 4.69) is 16.5 Å². The van der Waals surface area contributed by atoms with Crippen LogP contribution in [-0.4, -0.2) is 16.1 Å². The lowest BCUT2D eigenvalue weighted by Gasteiger charge is -2.11. The Morgan fingerprint density at radius 2 is 2.67 bits per heavy atom. The Balaban J connectivity index is 2.39. The number of imidazole rings is 1. The van der Waals surface area contributed by atoms with Crippen LogP contribution in [0.1, 0.15) is 5.82 Å². The van der Waals surface area contributed by atoms with E-state index in [1.54, 1.807) is 6.20 Å². The summed E-state index contributed by atoms with van der Waals surface area (Å²) in [6.45, 7) is 2.64. The third-order valence-electron chi connectivity index (χ3n) is 1.47. The normalized spacial score (nSPS) is 17.3. The fourth-order valence-corrected chi connectivity index (χ4v) is 0.987. The smallest absolute Gasteiger partial charge is 0.124 e. The van der Waals surface area contributed by atoms with Crippen LogP contribution in [0.15, 0.2) is 6.20 Å². The molecule has 46 valence electrons. The van der Waals surface area contributed by atoms with Crippen molar-refractivity contribution in [3.8, 4) is 0 Å². The number of aromatic nitrogens is 2. The van der Waals surface area contributed by atoms with Gasteiger partial charge in [0.1, 0.15) is 5.82 Å². The second-order valence-electron chi connectivity index (χ2n) is 2.06. The van der Waals surface area contributed by atoms with Crippen LogP contribution in [0, 0.1) is 6.20 Å². The van der Waals surface area contributed by atoms with Crippen LogP contribution in [0.5, 0.6) is 0 Å². The number of hydrogen-bond acceptors (Lipinski definition) is 1. The van der Waals surface area contributed by atoms with E-state index in [0.29, 0.717) is 0 Å². The standard InChI is InChI=1S/C6H7N3/c1-3-9-4-2-8-6(9)5-7-1/h2H,1,3,5H2. The highest BCUT2D eigenvalue weighted by molar-refractivity contribution is 4.92. The van der Waals surface area contributed by atoms with Gasteiger partial charge in [0.05, 0.1) is 18.9 Å². The van der Waals surface area contributed by atoms with Gasteiger partial charge < -0.3 is 4.57 Å². The van der Waals surface area contributed by atoms with E-state index >= 15 is 0 Å². The molecule has 0 fully saturated rings. The van der Waals surface area contributed by atoms with Gasteiger partial charge in [-0.2, -0.15) is 0 Å². The number of hydrogen-bond donors (Lipinski definition) is 0. The summed E-state index contributed by atoms with van der Waals surface area (Å²) in [5.74, 6) is 1.04. The molecule has 0 spiro atoms. The lowest BCUT2D eigenvalue weighted by molar-refractivity contribution is 0.495. The zero-order chi connectivity index (χ0) is 6.10. The Hall–Kier alpha value is -0.830. The molecule has 0 bridgehead atoms. The van der Waals surface area contributed by atoms with Gasteiger partial charge in [0, 0.05) is 13.1 Å². The minimum absolute atomic E-state index is 0.767. The summed E-state index contributed by atoms with van der Waals surface area (Å²) in [5.41, 5.74) is 0. The molecule has 0 saturated carbocycles. The molecule has 0 aliphatic carbocycles. The molecule has 2 radical (unpaired) electrons. The van der Waals surface area contributed by atoms with Crippen molar-refractivity contribution in [3.63, 3.8) is 0 Å². The highest BCUT2D eigenvalue weighted by Gasteiger charge is 2.07. The number of fused-ring (bicyclic) bond motifs is 1. The zero-order valence-corrected chi connectivity index (χ0v) is 5.04. The largest absolute Gasteiger partial charge is 0.324 e. The van der Waals surface area contributed by atoms with Crippen molar-refractivity contribution in [1.29, 1.82) is 0 Å². The topological polar surface area (TPSA) is 31.9 Å². The van der Waals surface area contributed by atoms with Crippen molar-refractivity contribution in [3.05, 3.63) is 18.2 Å². The molecule has 1 aliphatic rings. The predicted molar refractivity (Wildman–Crippen MR) is 31.8 cm³/mol. The molecule has 0 N–H and O–H groups in total. The van der Waals surface area contributed by atoms with Crippen LogP contribution in [0.25, 0.3) is 0 Å². The van der Waals surface area contributed by atoms with Crippen LogP contribution < -0.4 is 5.32 Å². The molecule has 3 nitrogen and oxygen atoms in total. The van der Waals surface area contributed by atoms with E-state index in [9.17, 15) is 0 Å². The minimum atomic E-state index is 0.767. The van der Waals surface area contributed by atoms with E-state index in [0.717, 1.165) is 25.5 Å². The van der Waals surface area contributed by atoms with Gasteiger partial charge in [0.2, 0.25) is 0 Å².